The summed E-state index contributed by atoms with van der Waals surface area (Å²) in [5.74, 6) is -0.416. The fraction of sp³-hybridized carbons (Fsp3) is 0.0667. The summed E-state index contributed by atoms with van der Waals surface area (Å²) >= 11 is 5.80. The maximum absolute atomic E-state index is 11.8. The third kappa shape index (κ3) is 3.89. The van der Waals surface area contributed by atoms with Gasteiger partial charge in [-0.2, -0.15) is 5.10 Å². The standard InChI is InChI=1S/C15H12ClN3O3/c1-10-5-6-11(7-14(10)19(21)22)9-17-18-15(20)12-3-2-4-13(16)8-12/h2-9H,1H3,(H,18,20)/b17-9-. The molecule has 1 N–H and O–H groups in total. The van der Waals surface area contributed by atoms with Crippen LogP contribution in [0.2, 0.25) is 5.02 Å². The highest BCUT2D eigenvalue weighted by Gasteiger charge is 2.10. The molecule has 0 fully saturated rings. The van der Waals surface area contributed by atoms with Crippen LogP contribution in [0.3, 0.4) is 0 Å². The van der Waals surface area contributed by atoms with Gasteiger partial charge in [0.05, 0.1) is 11.1 Å². The van der Waals surface area contributed by atoms with Crippen LogP contribution in [0, 0.1) is 17.0 Å². The number of carbonyl (C=O) groups is 1. The zero-order valence-corrected chi connectivity index (χ0v) is 12.4. The van der Waals surface area contributed by atoms with Crippen molar-refractivity contribution in [3.8, 4) is 0 Å². The van der Waals surface area contributed by atoms with Crippen molar-refractivity contribution in [3.05, 3.63) is 74.3 Å². The van der Waals surface area contributed by atoms with Crippen LogP contribution in [0.5, 0.6) is 0 Å². The molecule has 0 aliphatic carbocycles. The SMILES string of the molecule is Cc1ccc(/C=N\NC(=O)c2cccc(Cl)c2)cc1[N+](=O)[O-]. The van der Waals surface area contributed by atoms with Crippen molar-refractivity contribution in [2.75, 3.05) is 0 Å². The summed E-state index contributed by atoms with van der Waals surface area (Å²) in [4.78, 5) is 22.2. The highest BCUT2D eigenvalue weighted by atomic mass is 35.5. The van der Waals surface area contributed by atoms with E-state index in [0.717, 1.165) is 0 Å². The average molecular weight is 318 g/mol. The number of aryl methyl sites for hydroxylation is 1. The number of nitro groups is 1. The highest BCUT2D eigenvalue weighted by Crippen LogP contribution is 2.18. The number of halogens is 1. The maximum atomic E-state index is 11.8. The van der Waals surface area contributed by atoms with Crippen LogP contribution < -0.4 is 5.43 Å². The molecule has 0 spiro atoms. The minimum absolute atomic E-state index is 0.00474. The van der Waals surface area contributed by atoms with Crippen molar-refractivity contribution < 1.29 is 9.72 Å². The molecule has 0 radical (unpaired) electrons. The van der Waals surface area contributed by atoms with Gasteiger partial charge in [0.2, 0.25) is 0 Å². The van der Waals surface area contributed by atoms with Crippen LogP contribution >= 0.6 is 11.6 Å². The van der Waals surface area contributed by atoms with E-state index in [1.807, 2.05) is 0 Å². The zero-order chi connectivity index (χ0) is 16.1. The van der Waals surface area contributed by atoms with Crippen molar-refractivity contribution >= 4 is 29.4 Å². The Balaban J connectivity index is 2.08. The lowest BCUT2D eigenvalue weighted by Crippen LogP contribution is -2.17. The minimum Gasteiger partial charge on any atom is -0.267 e. The quantitative estimate of drug-likeness (QED) is 0.533. The van der Waals surface area contributed by atoms with E-state index in [0.29, 0.717) is 21.7 Å². The second kappa shape index (κ2) is 6.82. The number of benzene rings is 2. The van der Waals surface area contributed by atoms with Crippen molar-refractivity contribution in [2.45, 2.75) is 6.92 Å². The molecular formula is C15H12ClN3O3. The van der Waals surface area contributed by atoms with Crippen LogP contribution in [0.1, 0.15) is 21.5 Å². The van der Waals surface area contributed by atoms with Crippen LogP contribution in [0.15, 0.2) is 47.6 Å². The lowest BCUT2D eigenvalue weighted by Gasteiger charge is -2.01. The Morgan fingerprint density at radius 1 is 1.32 bits per heavy atom. The molecule has 2 rings (SSSR count). The molecule has 22 heavy (non-hydrogen) atoms. The molecular weight excluding hydrogens is 306 g/mol. The predicted molar refractivity (Wildman–Crippen MR) is 84.3 cm³/mol. The Morgan fingerprint density at radius 2 is 2.09 bits per heavy atom. The van der Waals surface area contributed by atoms with Gasteiger partial charge in [0.25, 0.3) is 11.6 Å². The number of rotatable bonds is 4. The van der Waals surface area contributed by atoms with Crippen LogP contribution in [0.25, 0.3) is 0 Å². The fourth-order valence-corrected chi connectivity index (χ4v) is 1.95. The van der Waals surface area contributed by atoms with Crippen molar-refractivity contribution in [2.24, 2.45) is 5.10 Å². The van der Waals surface area contributed by atoms with Gasteiger partial charge in [-0.1, -0.05) is 29.8 Å². The number of hydrogen-bond donors (Lipinski definition) is 1. The number of carbonyl (C=O) groups excluding carboxylic acids is 1. The summed E-state index contributed by atoms with van der Waals surface area (Å²) in [6.07, 6.45) is 1.34. The number of nitrogens with zero attached hydrogens (tertiary/aromatic N) is 2. The van der Waals surface area contributed by atoms with Gasteiger partial charge in [-0.15, -0.1) is 0 Å². The van der Waals surface area contributed by atoms with E-state index in [-0.39, 0.29) is 5.69 Å². The number of nitrogens with one attached hydrogen (secondary N) is 1. The Hall–Kier alpha value is -2.73. The van der Waals surface area contributed by atoms with Gasteiger partial charge >= 0.3 is 0 Å². The van der Waals surface area contributed by atoms with Crippen LogP contribution in [-0.2, 0) is 0 Å². The van der Waals surface area contributed by atoms with Crippen LogP contribution in [0.4, 0.5) is 5.69 Å². The van der Waals surface area contributed by atoms with E-state index in [1.165, 1.54) is 18.3 Å². The summed E-state index contributed by atoms with van der Waals surface area (Å²) in [7, 11) is 0. The molecule has 0 heterocycles. The topological polar surface area (TPSA) is 84.6 Å². The number of amides is 1. The average Bonchev–Trinajstić information content (AvgIpc) is 2.48. The monoisotopic (exact) mass is 317 g/mol. The second-order valence-corrected chi connectivity index (χ2v) is 4.95. The minimum atomic E-state index is -0.461. The Bertz CT molecular complexity index is 759. The lowest BCUT2D eigenvalue weighted by atomic mass is 10.1. The Labute approximate surface area is 131 Å². The van der Waals surface area contributed by atoms with Gasteiger partial charge in [0.1, 0.15) is 0 Å². The summed E-state index contributed by atoms with van der Waals surface area (Å²) in [5.41, 5.74) is 3.80. The summed E-state index contributed by atoms with van der Waals surface area (Å²) < 4.78 is 0. The molecule has 6 nitrogen and oxygen atoms in total. The Morgan fingerprint density at radius 3 is 2.77 bits per heavy atom. The first-order valence-corrected chi connectivity index (χ1v) is 6.69. The first kappa shape index (κ1) is 15.7. The van der Waals surface area contributed by atoms with Gasteiger partial charge in [0.15, 0.2) is 0 Å². The molecule has 0 aromatic heterocycles. The summed E-state index contributed by atoms with van der Waals surface area (Å²) in [6, 6.07) is 11.1. The molecule has 0 bridgehead atoms. The normalized spacial score (nSPS) is 10.6. The van der Waals surface area contributed by atoms with E-state index in [1.54, 1.807) is 37.3 Å². The fourth-order valence-electron chi connectivity index (χ4n) is 1.76. The van der Waals surface area contributed by atoms with Gasteiger partial charge in [-0.05, 0) is 25.1 Å². The molecule has 0 atom stereocenters. The number of hydrazone groups is 1. The first-order valence-electron chi connectivity index (χ1n) is 6.31. The smallest absolute Gasteiger partial charge is 0.267 e. The van der Waals surface area contributed by atoms with Gasteiger partial charge < -0.3 is 0 Å². The van der Waals surface area contributed by atoms with E-state index < -0.39 is 10.8 Å². The largest absolute Gasteiger partial charge is 0.272 e. The Kier molecular flexibility index (Phi) is 4.85. The molecule has 2 aromatic carbocycles. The summed E-state index contributed by atoms with van der Waals surface area (Å²) in [6.45, 7) is 1.65. The lowest BCUT2D eigenvalue weighted by molar-refractivity contribution is -0.385. The van der Waals surface area contributed by atoms with Gasteiger partial charge in [0, 0.05) is 27.8 Å². The number of hydrogen-bond acceptors (Lipinski definition) is 4. The van der Waals surface area contributed by atoms with Gasteiger partial charge in [-0.25, -0.2) is 5.43 Å². The van der Waals surface area contributed by atoms with E-state index in [4.69, 9.17) is 11.6 Å². The molecule has 0 aliphatic heterocycles. The predicted octanol–water partition coefficient (Wildman–Crippen LogP) is 3.32. The molecule has 0 aliphatic rings. The highest BCUT2D eigenvalue weighted by molar-refractivity contribution is 6.30. The third-order valence-corrected chi connectivity index (χ3v) is 3.13. The molecule has 0 saturated carbocycles. The molecule has 0 saturated heterocycles. The van der Waals surface area contributed by atoms with Crippen molar-refractivity contribution in [1.29, 1.82) is 0 Å². The molecule has 7 heteroatoms. The van der Waals surface area contributed by atoms with Crippen molar-refractivity contribution in [1.82, 2.24) is 5.43 Å². The first-order chi connectivity index (χ1) is 10.5. The van der Waals surface area contributed by atoms with E-state index >= 15 is 0 Å². The molecule has 1 amide bonds. The van der Waals surface area contributed by atoms with Crippen LogP contribution in [-0.4, -0.2) is 17.0 Å². The summed E-state index contributed by atoms with van der Waals surface area (Å²) in [5, 5.41) is 15.1. The molecule has 0 unspecified atom stereocenters. The maximum Gasteiger partial charge on any atom is 0.272 e. The molecule has 112 valence electrons. The number of nitro benzene ring substituents is 1. The second-order valence-electron chi connectivity index (χ2n) is 4.51. The van der Waals surface area contributed by atoms with E-state index in [2.05, 4.69) is 10.5 Å². The van der Waals surface area contributed by atoms with Crippen molar-refractivity contribution in [3.63, 3.8) is 0 Å². The van der Waals surface area contributed by atoms with Gasteiger partial charge in [-0.3, -0.25) is 14.9 Å². The molecule has 2 aromatic rings. The third-order valence-electron chi connectivity index (χ3n) is 2.90. The zero-order valence-electron chi connectivity index (χ0n) is 11.6. The van der Waals surface area contributed by atoms with E-state index in [9.17, 15) is 14.9 Å².